The van der Waals surface area contributed by atoms with E-state index in [1.165, 1.54) is 18.3 Å². The Kier molecular flexibility index (Phi) is 5.14. The number of benzene rings is 1. The molecule has 3 N–H and O–H groups in total. The van der Waals surface area contributed by atoms with Crippen LogP contribution in [0.15, 0.2) is 54.9 Å². The lowest BCUT2D eigenvalue weighted by Crippen LogP contribution is -2.37. The van der Waals surface area contributed by atoms with Gasteiger partial charge in [-0.3, -0.25) is 14.0 Å². The minimum Gasteiger partial charge on any atom is -0.382 e. The van der Waals surface area contributed by atoms with Gasteiger partial charge in [-0.05, 0) is 44.0 Å². The first kappa shape index (κ1) is 21.5. The molecule has 1 amide bonds. The van der Waals surface area contributed by atoms with Gasteiger partial charge in [0, 0.05) is 42.3 Å². The van der Waals surface area contributed by atoms with Crippen LogP contribution < -0.4 is 5.73 Å². The number of piperidine rings is 1. The lowest BCUT2D eigenvalue weighted by atomic mass is 9.96. The molecular weight excluding hydrogens is 460 g/mol. The number of nitrogens with zero attached hydrogens (tertiary/aromatic N) is 4. The number of aromatic amines is 1. The number of carbonyl (C=O) groups excluding carboxylic acids is 2. The fourth-order valence-electron chi connectivity index (χ4n) is 4.90. The number of nitrogens with two attached hydrogens (primary N) is 1. The van der Waals surface area contributed by atoms with Gasteiger partial charge in [-0.1, -0.05) is 18.2 Å². The van der Waals surface area contributed by atoms with Crippen LogP contribution >= 0.6 is 11.3 Å². The molecule has 0 unspecified atom stereocenters. The van der Waals surface area contributed by atoms with Gasteiger partial charge in [0.05, 0.1) is 15.4 Å². The number of para-hydroxylation sites is 1. The number of likely N-dealkylation sites (tertiary alicyclic amines) is 1. The van der Waals surface area contributed by atoms with Gasteiger partial charge in [0.15, 0.2) is 5.78 Å². The number of aromatic nitrogens is 4. The minimum absolute atomic E-state index is 0.0128. The molecule has 1 fully saturated rings. The zero-order valence-corrected chi connectivity index (χ0v) is 20.0. The number of Topliss-reactive ketones (excluding diaryl/α,β-unsaturated/α-hetero) is 1. The Morgan fingerprint density at radius 1 is 1.11 bits per heavy atom. The summed E-state index contributed by atoms with van der Waals surface area (Å²) in [6.07, 6.45) is 5.20. The number of amides is 1. The van der Waals surface area contributed by atoms with E-state index in [4.69, 9.17) is 10.7 Å². The summed E-state index contributed by atoms with van der Waals surface area (Å²) in [6.45, 7) is 2.79. The monoisotopic (exact) mass is 484 g/mol. The minimum atomic E-state index is -0.0153. The number of nitrogen functional groups attached to an aromatic ring is 1. The third-order valence-corrected chi connectivity index (χ3v) is 7.88. The molecule has 0 aliphatic carbocycles. The predicted octanol–water partition coefficient (Wildman–Crippen LogP) is 4.74. The van der Waals surface area contributed by atoms with Gasteiger partial charge in [-0.15, -0.1) is 11.3 Å². The number of H-pyrrole nitrogens is 1. The molecule has 4 aromatic heterocycles. The van der Waals surface area contributed by atoms with Crippen molar-refractivity contribution in [2.24, 2.45) is 0 Å². The van der Waals surface area contributed by atoms with Crippen LogP contribution in [0.2, 0.25) is 0 Å². The molecular formula is C26H24N6O2S. The summed E-state index contributed by atoms with van der Waals surface area (Å²) < 4.78 is 2.05. The smallest absolute Gasteiger partial charge is 0.263 e. The maximum atomic E-state index is 13.0. The highest BCUT2D eigenvalue weighted by Gasteiger charge is 2.29. The highest BCUT2D eigenvalue weighted by Crippen LogP contribution is 2.35. The van der Waals surface area contributed by atoms with Gasteiger partial charge in [0.1, 0.15) is 22.9 Å². The van der Waals surface area contributed by atoms with Gasteiger partial charge in [-0.2, -0.15) is 0 Å². The van der Waals surface area contributed by atoms with Gasteiger partial charge in [0.25, 0.3) is 5.91 Å². The quantitative estimate of drug-likeness (QED) is 0.358. The first-order valence-corrected chi connectivity index (χ1v) is 12.4. The summed E-state index contributed by atoms with van der Waals surface area (Å²) in [5.41, 5.74) is 9.85. The largest absolute Gasteiger partial charge is 0.382 e. The van der Waals surface area contributed by atoms with E-state index in [0.717, 1.165) is 46.5 Å². The zero-order valence-electron chi connectivity index (χ0n) is 19.2. The number of ketones is 1. The van der Waals surface area contributed by atoms with Crippen molar-refractivity contribution in [3.05, 3.63) is 70.4 Å². The second kappa shape index (κ2) is 8.35. The predicted molar refractivity (Wildman–Crippen MR) is 137 cm³/mol. The first-order valence-electron chi connectivity index (χ1n) is 11.6. The van der Waals surface area contributed by atoms with Crippen LogP contribution in [0.4, 0.5) is 5.82 Å². The van der Waals surface area contributed by atoms with Gasteiger partial charge in [0.2, 0.25) is 0 Å². The molecule has 6 rings (SSSR count). The number of nitrogens with one attached hydrogen (secondary N) is 1. The molecule has 0 bridgehead atoms. The molecule has 8 nitrogen and oxygen atoms in total. The molecule has 35 heavy (non-hydrogen) atoms. The summed E-state index contributed by atoms with van der Waals surface area (Å²) in [4.78, 5) is 40.5. The van der Waals surface area contributed by atoms with Crippen molar-refractivity contribution in [3.8, 4) is 11.4 Å². The van der Waals surface area contributed by atoms with Gasteiger partial charge >= 0.3 is 0 Å². The number of rotatable bonds is 4. The van der Waals surface area contributed by atoms with Gasteiger partial charge < -0.3 is 15.6 Å². The highest BCUT2D eigenvalue weighted by atomic mass is 32.1. The van der Waals surface area contributed by atoms with Crippen molar-refractivity contribution in [2.45, 2.75) is 25.7 Å². The number of carbonyl (C=O) groups is 2. The molecule has 1 aliphatic rings. The van der Waals surface area contributed by atoms with Gasteiger partial charge in [-0.25, -0.2) is 9.97 Å². The van der Waals surface area contributed by atoms with Crippen molar-refractivity contribution < 1.29 is 9.59 Å². The highest BCUT2D eigenvalue weighted by molar-refractivity contribution is 7.15. The third-order valence-electron chi connectivity index (χ3n) is 6.71. The molecule has 176 valence electrons. The Bertz CT molecular complexity index is 1550. The third kappa shape index (κ3) is 3.68. The molecule has 0 atom stereocenters. The van der Waals surface area contributed by atoms with Crippen LogP contribution in [0.25, 0.3) is 27.8 Å². The van der Waals surface area contributed by atoms with E-state index in [0.29, 0.717) is 28.7 Å². The van der Waals surface area contributed by atoms with E-state index in [9.17, 15) is 9.59 Å². The molecule has 5 heterocycles. The Hall–Kier alpha value is -3.98. The standard InChI is InChI=1S/C26H24N6O2S/c1-15(33)20-6-7-21(35-20)26(34)31-11-8-16(9-12-31)25-30-22(23-24(27)28-10-13-32(23)25)19-14-17-4-2-3-5-18(17)29-19/h2-7,10,13-14,16,29H,8-9,11-12H2,1H3,(H2,27,28). The Morgan fingerprint density at radius 2 is 1.89 bits per heavy atom. The second-order valence-corrected chi connectivity index (χ2v) is 9.99. The molecule has 1 saturated heterocycles. The maximum Gasteiger partial charge on any atom is 0.263 e. The molecule has 1 aromatic carbocycles. The van der Waals surface area contributed by atoms with E-state index in [-0.39, 0.29) is 17.6 Å². The summed E-state index contributed by atoms with van der Waals surface area (Å²) in [6, 6.07) is 13.7. The number of hydrogen-bond acceptors (Lipinski definition) is 6. The zero-order chi connectivity index (χ0) is 24.1. The Morgan fingerprint density at radius 3 is 2.63 bits per heavy atom. The van der Waals surface area contributed by atoms with Crippen LogP contribution in [-0.2, 0) is 0 Å². The van der Waals surface area contributed by atoms with Crippen LogP contribution in [-0.4, -0.2) is 49.0 Å². The molecule has 5 aromatic rings. The molecule has 1 aliphatic heterocycles. The van der Waals surface area contributed by atoms with E-state index in [2.05, 4.69) is 22.1 Å². The van der Waals surface area contributed by atoms with Crippen molar-refractivity contribution in [1.29, 1.82) is 0 Å². The fraction of sp³-hybridized carbons (Fsp3) is 0.231. The van der Waals surface area contributed by atoms with Crippen LogP contribution in [0, 0.1) is 0 Å². The van der Waals surface area contributed by atoms with Crippen LogP contribution in [0.3, 0.4) is 0 Å². The number of hydrogen-bond donors (Lipinski definition) is 2. The lowest BCUT2D eigenvalue weighted by molar-refractivity contribution is 0.0716. The fourth-order valence-corrected chi connectivity index (χ4v) is 5.77. The summed E-state index contributed by atoms with van der Waals surface area (Å²) in [5.74, 6) is 1.53. The topological polar surface area (TPSA) is 109 Å². The number of thiophene rings is 1. The van der Waals surface area contributed by atoms with E-state index >= 15 is 0 Å². The molecule has 0 saturated carbocycles. The molecule has 9 heteroatoms. The second-order valence-electron chi connectivity index (χ2n) is 8.91. The van der Waals surface area contributed by atoms with Crippen molar-refractivity contribution in [2.75, 3.05) is 18.8 Å². The first-order chi connectivity index (χ1) is 17.0. The summed E-state index contributed by atoms with van der Waals surface area (Å²) in [5, 5.41) is 1.11. The number of anilines is 1. The summed E-state index contributed by atoms with van der Waals surface area (Å²) in [7, 11) is 0. The van der Waals surface area contributed by atoms with Crippen LogP contribution in [0.5, 0.6) is 0 Å². The lowest BCUT2D eigenvalue weighted by Gasteiger charge is -2.31. The van der Waals surface area contributed by atoms with Crippen molar-refractivity contribution >= 4 is 45.3 Å². The van der Waals surface area contributed by atoms with E-state index < -0.39 is 0 Å². The van der Waals surface area contributed by atoms with E-state index in [1.807, 2.05) is 33.7 Å². The van der Waals surface area contributed by atoms with Crippen molar-refractivity contribution in [1.82, 2.24) is 24.3 Å². The maximum absolute atomic E-state index is 13.0. The average molecular weight is 485 g/mol. The number of imidazole rings is 1. The van der Waals surface area contributed by atoms with Crippen LogP contribution in [0.1, 0.15) is 50.9 Å². The van der Waals surface area contributed by atoms with E-state index in [1.54, 1.807) is 18.3 Å². The Labute approximate surface area is 205 Å². The molecule has 0 spiro atoms. The molecule has 0 radical (unpaired) electrons. The number of fused-ring (bicyclic) bond motifs is 2. The normalized spacial score (nSPS) is 14.7. The van der Waals surface area contributed by atoms with Crippen molar-refractivity contribution in [3.63, 3.8) is 0 Å². The SMILES string of the molecule is CC(=O)c1ccc(C(=O)N2CCC(c3nc(-c4cc5ccccc5[nH]4)c4c(N)nccn34)CC2)s1. The summed E-state index contributed by atoms with van der Waals surface area (Å²) >= 11 is 1.26. The Balaban J connectivity index is 1.29. The average Bonchev–Trinajstić information content (AvgIpc) is 3.60.